The Balaban J connectivity index is 1.66. The van der Waals surface area contributed by atoms with Crippen molar-refractivity contribution in [2.45, 2.75) is 31.8 Å². The smallest absolute Gasteiger partial charge is 0.0409 e. The first-order chi connectivity index (χ1) is 8.72. The molecule has 1 N–H and O–H groups in total. The molecule has 2 atom stereocenters. The number of nitrogens with zero attached hydrogens (tertiary/aromatic N) is 1. The van der Waals surface area contributed by atoms with Crippen LogP contribution < -0.4 is 5.32 Å². The number of hydrogen-bond donors (Lipinski definition) is 1. The van der Waals surface area contributed by atoms with Gasteiger partial charge in [0.05, 0.1) is 0 Å². The molecule has 3 heterocycles. The normalized spacial score (nSPS) is 32.4. The monoisotopic (exact) mass is 264 g/mol. The minimum atomic E-state index is 0.384. The van der Waals surface area contributed by atoms with Crippen molar-refractivity contribution in [3.05, 3.63) is 34.9 Å². The van der Waals surface area contributed by atoms with Crippen LogP contribution in [0.5, 0.6) is 0 Å². The van der Waals surface area contributed by atoms with E-state index in [9.17, 15) is 0 Å². The van der Waals surface area contributed by atoms with Gasteiger partial charge < -0.3 is 10.2 Å². The molecule has 3 fully saturated rings. The molecule has 3 aliphatic heterocycles. The summed E-state index contributed by atoms with van der Waals surface area (Å²) in [7, 11) is 0. The van der Waals surface area contributed by atoms with Crippen LogP contribution in [0, 0.1) is 5.92 Å². The summed E-state index contributed by atoms with van der Waals surface area (Å²) in [5, 5.41) is 4.62. The lowest BCUT2D eigenvalue weighted by molar-refractivity contribution is 0.0680. The second-order valence-electron chi connectivity index (χ2n) is 5.69. The van der Waals surface area contributed by atoms with Crippen LogP contribution in [-0.2, 0) is 0 Å². The zero-order valence-electron chi connectivity index (χ0n) is 10.9. The third-order valence-electron chi connectivity index (χ3n) is 4.47. The zero-order valence-corrected chi connectivity index (χ0v) is 11.7. The summed E-state index contributed by atoms with van der Waals surface area (Å²) in [6, 6.07) is 9.24. The van der Waals surface area contributed by atoms with Crippen LogP contribution in [0.4, 0.5) is 0 Å². The second-order valence-corrected chi connectivity index (χ2v) is 6.12. The highest BCUT2D eigenvalue weighted by molar-refractivity contribution is 6.30. The molecule has 2 bridgehead atoms. The molecule has 3 heteroatoms. The van der Waals surface area contributed by atoms with Crippen LogP contribution >= 0.6 is 11.6 Å². The van der Waals surface area contributed by atoms with Crippen molar-refractivity contribution in [3.63, 3.8) is 0 Å². The van der Waals surface area contributed by atoms with Crippen LogP contribution in [-0.4, -0.2) is 30.6 Å². The van der Waals surface area contributed by atoms with E-state index >= 15 is 0 Å². The molecule has 0 aromatic heterocycles. The molecule has 0 aliphatic carbocycles. The number of halogens is 1. The molecule has 1 aromatic rings. The number of fused-ring (bicyclic) bond motifs is 3. The molecule has 2 nitrogen and oxygen atoms in total. The van der Waals surface area contributed by atoms with Crippen molar-refractivity contribution in [1.82, 2.24) is 10.2 Å². The maximum Gasteiger partial charge on any atom is 0.0409 e. The Labute approximate surface area is 114 Å². The zero-order chi connectivity index (χ0) is 12.5. The van der Waals surface area contributed by atoms with Crippen molar-refractivity contribution < 1.29 is 0 Å². The largest absolute Gasteiger partial charge is 0.306 e. The lowest BCUT2D eigenvalue weighted by Crippen LogP contribution is -2.56. The van der Waals surface area contributed by atoms with E-state index in [-0.39, 0.29) is 0 Å². The standard InChI is InChI=1S/C15H21ClN2/c1-11(13-3-2-4-14(16)9-13)17-15-10-18-7-5-12(15)6-8-18/h2-4,9,11-12,15,17H,5-8,10H2,1H3. The first-order valence-corrected chi connectivity index (χ1v) is 7.34. The Morgan fingerprint density at radius 1 is 1.33 bits per heavy atom. The van der Waals surface area contributed by atoms with Crippen molar-refractivity contribution in [3.8, 4) is 0 Å². The maximum atomic E-state index is 6.06. The average molecular weight is 265 g/mol. The maximum absolute atomic E-state index is 6.06. The van der Waals surface area contributed by atoms with Gasteiger partial charge in [0.2, 0.25) is 0 Å². The number of nitrogens with one attached hydrogen (secondary N) is 1. The van der Waals surface area contributed by atoms with E-state index in [1.54, 1.807) is 0 Å². The van der Waals surface area contributed by atoms with Gasteiger partial charge in [-0.05, 0) is 56.5 Å². The lowest BCUT2D eigenvalue weighted by atomic mass is 9.83. The first-order valence-electron chi connectivity index (χ1n) is 6.96. The highest BCUT2D eigenvalue weighted by atomic mass is 35.5. The molecule has 18 heavy (non-hydrogen) atoms. The van der Waals surface area contributed by atoms with Gasteiger partial charge in [0.15, 0.2) is 0 Å². The second kappa shape index (κ2) is 5.20. The molecule has 0 amide bonds. The van der Waals surface area contributed by atoms with E-state index in [4.69, 9.17) is 11.6 Å². The molecule has 1 aromatic carbocycles. The quantitative estimate of drug-likeness (QED) is 0.903. The first kappa shape index (κ1) is 12.5. The van der Waals surface area contributed by atoms with Gasteiger partial charge in [-0.2, -0.15) is 0 Å². The van der Waals surface area contributed by atoms with Crippen LogP contribution in [0.25, 0.3) is 0 Å². The van der Waals surface area contributed by atoms with Crippen LogP contribution in [0.1, 0.15) is 31.4 Å². The van der Waals surface area contributed by atoms with Crippen molar-refractivity contribution in [2.75, 3.05) is 19.6 Å². The summed E-state index contributed by atoms with van der Waals surface area (Å²) in [5.74, 6) is 0.872. The van der Waals surface area contributed by atoms with Gasteiger partial charge in [0.1, 0.15) is 0 Å². The van der Waals surface area contributed by atoms with E-state index in [1.807, 2.05) is 12.1 Å². The average Bonchev–Trinajstić information content (AvgIpc) is 2.40. The number of rotatable bonds is 3. The van der Waals surface area contributed by atoms with Crippen molar-refractivity contribution in [2.24, 2.45) is 5.92 Å². The van der Waals surface area contributed by atoms with Gasteiger partial charge in [0.25, 0.3) is 0 Å². The molecule has 2 unspecified atom stereocenters. The van der Waals surface area contributed by atoms with Gasteiger partial charge in [-0.3, -0.25) is 0 Å². The molecule has 0 radical (unpaired) electrons. The fourth-order valence-electron chi connectivity index (χ4n) is 3.35. The van der Waals surface area contributed by atoms with Gasteiger partial charge in [-0.15, -0.1) is 0 Å². The number of piperidine rings is 3. The third kappa shape index (κ3) is 2.56. The molecule has 0 spiro atoms. The fourth-order valence-corrected chi connectivity index (χ4v) is 3.55. The predicted octanol–water partition coefficient (Wildman–Crippen LogP) is 3.08. The predicted molar refractivity (Wildman–Crippen MR) is 76.0 cm³/mol. The minimum absolute atomic E-state index is 0.384. The highest BCUT2D eigenvalue weighted by Crippen LogP contribution is 2.29. The Morgan fingerprint density at radius 3 is 2.72 bits per heavy atom. The fraction of sp³-hybridized carbons (Fsp3) is 0.600. The van der Waals surface area contributed by atoms with E-state index in [2.05, 4.69) is 29.3 Å². The van der Waals surface area contributed by atoms with E-state index < -0.39 is 0 Å². The SMILES string of the molecule is CC(NC1CN2CCC1CC2)c1cccc(Cl)c1. The van der Waals surface area contributed by atoms with E-state index in [1.165, 1.54) is 38.0 Å². The van der Waals surface area contributed by atoms with E-state index in [0.29, 0.717) is 12.1 Å². The van der Waals surface area contributed by atoms with Crippen LogP contribution in [0.2, 0.25) is 5.02 Å². The molecule has 3 aliphatic rings. The van der Waals surface area contributed by atoms with Gasteiger partial charge >= 0.3 is 0 Å². The lowest BCUT2D eigenvalue weighted by Gasteiger charge is -2.46. The molecule has 3 saturated heterocycles. The van der Waals surface area contributed by atoms with Crippen LogP contribution in [0.3, 0.4) is 0 Å². The van der Waals surface area contributed by atoms with Crippen molar-refractivity contribution >= 4 is 11.6 Å². The summed E-state index contributed by atoms with van der Waals surface area (Å²) < 4.78 is 0. The molecule has 98 valence electrons. The van der Waals surface area contributed by atoms with Crippen molar-refractivity contribution in [1.29, 1.82) is 0 Å². The molecule has 4 rings (SSSR count). The van der Waals surface area contributed by atoms with E-state index in [0.717, 1.165) is 10.9 Å². The van der Waals surface area contributed by atoms with Crippen LogP contribution in [0.15, 0.2) is 24.3 Å². The number of hydrogen-bond acceptors (Lipinski definition) is 2. The third-order valence-corrected chi connectivity index (χ3v) is 4.70. The summed E-state index contributed by atoms with van der Waals surface area (Å²) in [6.45, 7) is 6.06. The summed E-state index contributed by atoms with van der Waals surface area (Å²) >= 11 is 6.06. The topological polar surface area (TPSA) is 15.3 Å². The molecular formula is C15H21ClN2. The summed E-state index contributed by atoms with van der Waals surface area (Å²) in [4.78, 5) is 2.59. The van der Waals surface area contributed by atoms with Gasteiger partial charge in [-0.25, -0.2) is 0 Å². The Kier molecular flexibility index (Phi) is 3.60. The van der Waals surface area contributed by atoms with Gasteiger partial charge in [-0.1, -0.05) is 23.7 Å². The number of benzene rings is 1. The highest BCUT2D eigenvalue weighted by Gasteiger charge is 2.34. The molecule has 0 saturated carbocycles. The molecular weight excluding hydrogens is 244 g/mol. The Bertz CT molecular complexity index is 413. The Hall–Kier alpha value is -0.570. The minimum Gasteiger partial charge on any atom is -0.306 e. The Morgan fingerprint density at radius 2 is 2.11 bits per heavy atom. The van der Waals surface area contributed by atoms with Gasteiger partial charge in [0, 0.05) is 23.7 Å². The summed E-state index contributed by atoms with van der Waals surface area (Å²) in [5.41, 5.74) is 1.29. The summed E-state index contributed by atoms with van der Waals surface area (Å²) in [6.07, 6.45) is 2.72.